The van der Waals surface area contributed by atoms with E-state index in [9.17, 15) is 0 Å². The predicted octanol–water partition coefficient (Wildman–Crippen LogP) is 3.53. The molecule has 0 aliphatic carbocycles. The van der Waals surface area contributed by atoms with Gasteiger partial charge >= 0.3 is 0 Å². The molecule has 0 aliphatic heterocycles. The maximum atomic E-state index is 8.79. The molecule has 0 atom stereocenters. The first-order valence-electron chi connectivity index (χ1n) is 5.91. The van der Waals surface area contributed by atoms with Crippen molar-refractivity contribution in [3.63, 3.8) is 0 Å². The monoisotopic (exact) mass is 265 g/mol. The zero-order valence-corrected chi connectivity index (χ0v) is 11.0. The molecule has 1 aromatic carbocycles. The molecular formula is C15H11N3S. The van der Waals surface area contributed by atoms with Crippen LogP contribution in [-0.2, 0) is 6.54 Å². The molecule has 0 unspecified atom stereocenters. The summed E-state index contributed by atoms with van der Waals surface area (Å²) in [4.78, 5) is 5.57. The summed E-state index contributed by atoms with van der Waals surface area (Å²) >= 11 is 1.69. The lowest BCUT2D eigenvalue weighted by Gasteiger charge is -2.06. The lowest BCUT2D eigenvalue weighted by atomic mass is 10.1. The largest absolute Gasteiger partial charge is 0.326 e. The molecule has 92 valence electrons. The molecule has 0 N–H and O–H groups in total. The van der Waals surface area contributed by atoms with Gasteiger partial charge in [-0.1, -0.05) is 18.2 Å². The first-order valence-corrected chi connectivity index (χ1v) is 6.79. The molecule has 4 heteroatoms. The Hall–Kier alpha value is -2.38. The highest BCUT2D eigenvalue weighted by molar-refractivity contribution is 7.13. The van der Waals surface area contributed by atoms with Crippen molar-refractivity contribution in [2.75, 3.05) is 0 Å². The van der Waals surface area contributed by atoms with E-state index in [0.29, 0.717) is 5.56 Å². The highest BCUT2D eigenvalue weighted by Gasteiger charge is 2.07. The van der Waals surface area contributed by atoms with Crippen molar-refractivity contribution in [1.29, 1.82) is 5.26 Å². The molecule has 0 spiro atoms. The number of imidazole rings is 1. The first kappa shape index (κ1) is 11.7. The maximum absolute atomic E-state index is 8.79. The Bertz CT molecular complexity index is 703. The fraction of sp³-hybridized carbons (Fsp3) is 0.0667. The number of aromatic nitrogens is 2. The van der Waals surface area contributed by atoms with Crippen LogP contribution in [0.3, 0.4) is 0 Å². The second-order valence-corrected chi connectivity index (χ2v) is 5.11. The average molecular weight is 265 g/mol. The molecule has 19 heavy (non-hydrogen) atoms. The molecule has 3 nitrogen and oxygen atoms in total. The highest BCUT2D eigenvalue weighted by Crippen LogP contribution is 2.23. The molecular weight excluding hydrogens is 254 g/mol. The van der Waals surface area contributed by atoms with Crippen molar-refractivity contribution in [2.45, 2.75) is 6.54 Å². The zero-order valence-electron chi connectivity index (χ0n) is 10.2. The van der Waals surface area contributed by atoms with E-state index in [1.165, 1.54) is 4.88 Å². The standard InChI is InChI=1S/C15H11N3S/c16-10-12-3-5-13(6-4-12)11-18-8-7-17-15(18)14-2-1-9-19-14/h1-9H,11H2. The van der Waals surface area contributed by atoms with Crippen LogP contribution in [0.5, 0.6) is 0 Å². The van der Waals surface area contributed by atoms with Crippen LogP contribution in [0.1, 0.15) is 11.1 Å². The van der Waals surface area contributed by atoms with Crippen LogP contribution in [0.4, 0.5) is 0 Å². The van der Waals surface area contributed by atoms with Crippen LogP contribution in [0, 0.1) is 11.3 Å². The fourth-order valence-electron chi connectivity index (χ4n) is 1.95. The van der Waals surface area contributed by atoms with Crippen molar-refractivity contribution in [3.8, 4) is 16.8 Å². The number of benzene rings is 1. The minimum absolute atomic E-state index is 0.688. The molecule has 3 aromatic rings. The van der Waals surface area contributed by atoms with Crippen molar-refractivity contribution in [3.05, 3.63) is 65.3 Å². The van der Waals surface area contributed by atoms with E-state index in [-0.39, 0.29) is 0 Å². The third kappa shape index (κ3) is 2.42. The molecule has 0 bridgehead atoms. The van der Waals surface area contributed by atoms with Gasteiger partial charge in [0, 0.05) is 18.9 Å². The molecule has 2 aromatic heterocycles. The Morgan fingerprint density at radius 3 is 2.74 bits per heavy atom. The molecule has 2 heterocycles. The smallest absolute Gasteiger partial charge is 0.150 e. The summed E-state index contributed by atoms with van der Waals surface area (Å²) in [6.45, 7) is 0.763. The number of hydrogen-bond acceptors (Lipinski definition) is 3. The summed E-state index contributed by atoms with van der Waals surface area (Å²) < 4.78 is 2.12. The Kier molecular flexibility index (Phi) is 3.13. The van der Waals surface area contributed by atoms with E-state index >= 15 is 0 Å². The zero-order chi connectivity index (χ0) is 13.1. The Morgan fingerprint density at radius 2 is 2.05 bits per heavy atom. The lowest BCUT2D eigenvalue weighted by Crippen LogP contribution is -2.00. The van der Waals surface area contributed by atoms with Crippen molar-refractivity contribution >= 4 is 11.3 Å². The Labute approximate surface area is 115 Å². The fourth-order valence-corrected chi connectivity index (χ4v) is 2.69. The SMILES string of the molecule is N#Cc1ccc(Cn2ccnc2-c2cccs2)cc1. The summed E-state index contributed by atoms with van der Waals surface area (Å²) in [5, 5.41) is 10.8. The quantitative estimate of drug-likeness (QED) is 0.727. The number of thiophene rings is 1. The van der Waals surface area contributed by atoms with Crippen LogP contribution >= 0.6 is 11.3 Å². The molecule has 3 rings (SSSR count). The van der Waals surface area contributed by atoms with Gasteiger partial charge in [0.2, 0.25) is 0 Å². The van der Waals surface area contributed by atoms with Gasteiger partial charge in [-0.2, -0.15) is 5.26 Å². The van der Waals surface area contributed by atoms with Gasteiger partial charge < -0.3 is 4.57 Å². The third-order valence-electron chi connectivity index (χ3n) is 2.89. The van der Waals surface area contributed by atoms with Crippen molar-refractivity contribution in [2.24, 2.45) is 0 Å². The normalized spacial score (nSPS) is 10.3. The second kappa shape index (κ2) is 5.09. The number of nitrogens with zero attached hydrogens (tertiary/aromatic N) is 3. The number of nitriles is 1. The lowest BCUT2D eigenvalue weighted by molar-refractivity contribution is 0.808. The number of rotatable bonds is 3. The first-order chi connectivity index (χ1) is 9.36. The van der Waals surface area contributed by atoms with Crippen LogP contribution in [0.15, 0.2) is 54.2 Å². The van der Waals surface area contributed by atoms with Gasteiger partial charge in [0.25, 0.3) is 0 Å². The predicted molar refractivity (Wildman–Crippen MR) is 75.8 cm³/mol. The molecule has 0 saturated carbocycles. The average Bonchev–Trinajstić information content (AvgIpc) is 3.10. The van der Waals surface area contributed by atoms with Gasteiger partial charge in [0.15, 0.2) is 0 Å². The van der Waals surface area contributed by atoms with Gasteiger partial charge in [-0.15, -0.1) is 11.3 Å². The minimum atomic E-state index is 0.688. The molecule has 0 fully saturated rings. The van der Waals surface area contributed by atoms with Crippen LogP contribution in [0.25, 0.3) is 10.7 Å². The van der Waals surface area contributed by atoms with E-state index in [1.54, 1.807) is 11.3 Å². The van der Waals surface area contributed by atoms with Crippen LogP contribution in [0.2, 0.25) is 0 Å². The number of hydrogen-bond donors (Lipinski definition) is 0. The van der Waals surface area contributed by atoms with Crippen LogP contribution in [-0.4, -0.2) is 9.55 Å². The van der Waals surface area contributed by atoms with E-state index in [0.717, 1.165) is 17.9 Å². The minimum Gasteiger partial charge on any atom is -0.326 e. The van der Waals surface area contributed by atoms with Gasteiger partial charge in [-0.3, -0.25) is 0 Å². The summed E-state index contributed by atoms with van der Waals surface area (Å²) in [6.07, 6.45) is 3.80. The summed E-state index contributed by atoms with van der Waals surface area (Å²) in [5.41, 5.74) is 1.85. The summed E-state index contributed by atoms with van der Waals surface area (Å²) in [5.74, 6) is 0.986. The van der Waals surface area contributed by atoms with Crippen LogP contribution < -0.4 is 0 Å². The highest BCUT2D eigenvalue weighted by atomic mass is 32.1. The van der Waals surface area contributed by atoms with E-state index in [4.69, 9.17) is 5.26 Å². The molecule has 0 aliphatic rings. The summed E-state index contributed by atoms with van der Waals surface area (Å²) in [7, 11) is 0. The van der Waals surface area contributed by atoms with Gasteiger partial charge in [0.05, 0.1) is 16.5 Å². The third-order valence-corrected chi connectivity index (χ3v) is 3.76. The molecule has 0 radical (unpaired) electrons. The van der Waals surface area contributed by atoms with E-state index in [1.807, 2.05) is 42.7 Å². The van der Waals surface area contributed by atoms with E-state index < -0.39 is 0 Å². The van der Waals surface area contributed by atoms with E-state index in [2.05, 4.69) is 27.1 Å². The van der Waals surface area contributed by atoms with Gasteiger partial charge in [0.1, 0.15) is 5.82 Å². The second-order valence-electron chi connectivity index (χ2n) is 4.16. The molecule has 0 saturated heterocycles. The summed E-state index contributed by atoms with van der Waals surface area (Å²) in [6, 6.07) is 13.9. The Balaban J connectivity index is 1.88. The molecule has 0 amide bonds. The van der Waals surface area contributed by atoms with Gasteiger partial charge in [-0.05, 0) is 29.1 Å². The van der Waals surface area contributed by atoms with Crippen molar-refractivity contribution < 1.29 is 0 Å². The Morgan fingerprint density at radius 1 is 1.21 bits per heavy atom. The topological polar surface area (TPSA) is 41.6 Å². The van der Waals surface area contributed by atoms with Crippen molar-refractivity contribution in [1.82, 2.24) is 9.55 Å². The maximum Gasteiger partial charge on any atom is 0.150 e. The van der Waals surface area contributed by atoms with Gasteiger partial charge in [-0.25, -0.2) is 4.98 Å².